The number of anilines is 1. The lowest BCUT2D eigenvalue weighted by Gasteiger charge is -2.11. The number of methoxy groups -OCH3 is 1. The highest BCUT2D eigenvalue weighted by Crippen LogP contribution is 2.30. The van der Waals surface area contributed by atoms with Crippen LogP contribution in [0.15, 0.2) is 54.7 Å². The molecule has 1 amide bonds. The first kappa shape index (κ1) is 19.9. The number of hydrogen-bond donors (Lipinski definition) is 1. The molecule has 0 spiro atoms. The third-order valence-electron chi connectivity index (χ3n) is 3.96. The first-order valence-corrected chi connectivity index (χ1v) is 8.50. The van der Waals surface area contributed by atoms with E-state index in [-0.39, 0.29) is 12.2 Å². The number of pyridine rings is 1. The van der Waals surface area contributed by atoms with Crippen LogP contribution >= 0.6 is 0 Å². The summed E-state index contributed by atoms with van der Waals surface area (Å²) < 4.78 is 37.3. The Labute approximate surface area is 164 Å². The summed E-state index contributed by atoms with van der Waals surface area (Å²) in [6.07, 6.45) is 3.64. The Kier molecular flexibility index (Phi) is 6.13. The average molecular weight is 398 g/mol. The molecule has 0 aliphatic heterocycles. The molecule has 0 aliphatic carbocycles. The van der Waals surface area contributed by atoms with Crippen LogP contribution < -0.4 is 10.1 Å². The summed E-state index contributed by atoms with van der Waals surface area (Å²) in [4.78, 5) is 27.7. The quantitative estimate of drug-likeness (QED) is 0.506. The van der Waals surface area contributed by atoms with Crippen LogP contribution in [0.2, 0.25) is 0 Å². The lowest BCUT2D eigenvalue weighted by atomic mass is 10.1. The van der Waals surface area contributed by atoms with Gasteiger partial charge in [0.25, 0.3) is 0 Å². The molecule has 0 bridgehead atoms. The van der Waals surface area contributed by atoms with Crippen molar-refractivity contribution in [2.45, 2.75) is 0 Å². The van der Waals surface area contributed by atoms with Gasteiger partial charge in [-0.2, -0.15) is 0 Å². The Bertz CT molecular complexity index is 1080. The summed E-state index contributed by atoms with van der Waals surface area (Å²) in [6, 6.07) is 9.96. The van der Waals surface area contributed by atoms with Crippen LogP contribution in [-0.2, 0) is 14.3 Å². The van der Waals surface area contributed by atoms with E-state index in [2.05, 4.69) is 15.0 Å². The molecule has 148 valence electrons. The molecule has 8 heteroatoms. The second-order valence-electron chi connectivity index (χ2n) is 5.83. The minimum absolute atomic E-state index is 0.287. The van der Waals surface area contributed by atoms with Gasteiger partial charge in [0.15, 0.2) is 6.61 Å². The minimum Gasteiger partial charge on any atom is -0.480 e. The van der Waals surface area contributed by atoms with Gasteiger partial charge < -0.3 is 14.8 Å². The third-order valence-corrected chi connectivity index (χ3v) is 3.96. The summed E-state index contributed by atoms with van der Waals surface area (Å²) in [5.41, 5.74) is 0.543. The number of nitrogens with one attached hydrogen (secondary N) is 1. The number of hydrogen-bond acceptors (Lipinski definition) is 5. The van der Waals surface area contributed by atoms with Gasteiger partial charge in [-0.15, -0.1) is 0 Å². The number of carbonyl (C=O) groups excluding carboxylic acids is 2. The van der Waals surface area contributed by atoms with Crippen molar-refractivity contribution in [3.8, 4) is 5.75 Å². The number of carbonyl (C=O) groups is 2. The zero-order valence-corrected chi connectivity index (χ0v) is 15.3. The molecule has 3 rings (SSSR count). The molecule has 0 saturated heterocycles. The normalized spacial score (nSPS) is 10.9. The molecule has 2 aromatic carbocycles. The van der Waals surface area contributed by atoms with Crippen molar-refractivity contribution < 1.29 is 27.8 Å². The van der Waals surface area contributed by atoms with Gasteiger partial charge in [0.2, 0.25) is 5.91 Å². The van der Waals surface area contributed by atoms with Gasteiger partial charge in [-0.05, 0) is 42.5 Å². The standard InChI is InChI=1S/C21H16F2N2O4/c1-28-20(27)12-29-18-9-8-17(14-4-3-11-24-21(14)18)25-19(26)10-7-13-15(22)5-2-6-16(13)23/h2-11H,12H2,1H3,(H,25,26)/b10-7+. The zero-order chi connectivity index (χ0) is 20.8. The number of benzene rings is 2. The monoisotopic (exact) mass is 398 g/mol. The molecule has 0 saturated carbocycles. The van der Waals surface area contributed by atoms with Crippen LogP contribution in [-0.4, -0.2) is 30.6 Å². The number of rotatable bonds is 6. The molecule has 29 heavy (non-hydrogen) atoms. The number of esters is 1. The van der Waals surface area contributed by atoms with Crippen LogP contribution in [0.25, 0.3) is 17.0 Å². The van der Waals surface area contributed by atoms with E-state index in [9.17, 15) is 18.4 Å². The maximum absolute atomic E-state index is 13.7. The number of amides is 1. The van der Waals surface area contributed by atoms with Crippen LogP contribution in [0.4, 0.5) is 14.5 Å². The number of aromatic nitrogens is 1. The fourth-order valence-corrected chi connectivity index (χ4v) is 2.57. The summed E-state index contributed by atoms with van der Waals surface area (Å²) in [5.74, 6) is -2.32. The Hall–Kier alpha value is -3.81. The van der Waals surface area contributed by atoms with Crippen LogP contribution in [0, 0.1) is 11.6 Å². The summed E-state index contributed by atoms with van der Waals surface area (Å²) in [7, 11) is 1.25. The molecule has 0 radical (unpaired) electrons. The first-order valence-electron chi connectivity index (χ1n) is 8.50. The fraction of sp³-hybridized carbons (Fsp3) is 0.0952. The van der Waals surface area contributed by atoms with Gasteiger partial charge >= 0.3 is 5.97 Å². The molecule has 1 N–H and O–H groups in total. The number of ether oxygens (including phenoxy) is 2. The summed E-state index contributed by atoms with van der Waals surface area (Å²) in [6.45, 7) is -0.287. The molecule has 6 nitrogen and oxygen atoms in total. The third kappa shape index (κ3) is 4.73. The SMILES string of the molecule is COC(=O)COc1ccc(NC(=O)/C=C/c2c(F)cccc2F)c2cccnc12. The molecule has 0 aliphatic rings. The lowest BCUT2D eigenvalue weighted by molar-refractivity contribution is -0.142. The Morgan fingerprint density at radius 3 is 2.59 bits per heavy atom. The van der Waals surface area contributed by atoms with Crippen LogP contribution in [0.5, 0.6) is 5.75 Å². The molecule has 3 aromatic rings. The predicted octanol–water partition coefficient (Wildman–Crippen LogP) is 3.72. The molecule has 0 fully saturated rings. The first-order chi connectivity index (χ1) is 14.0. The summed E-state index contributed by atoms with van der Waals surface area (Å²) >= 11 is 0. The van der Waals surface area contributed by atoms with Crippen molar-refractivity contribution in [1.29, 1.82) is 0 Å². The van der Waals surface area contributed by atoms with E-state index >= 15 is 0 Å². The van der Waals surface area contributed by atoms with E-state index in [1.54, 1.807) is 30.5 Å². The van der Waals surface area contributed by atoms with Crippen molar-refractivity contribution >= 4 is 34.5 Å². The van der Waals surface area contributed by atoms with E-state index in [1.165, 1.54) is 13.2 Å². The Morgan fingerprint density at radius 2 is 1.86 bits per heavy atom. The molecule has 0 unspecified atom stereocenters. The highest BCUT2D eigenvalue weighted by molar-refractivity contribution is 6.07. The van der Waals surface area contributed by atoms with Crippen molar-refractivity contribution in [3.05, 3.63) is 71.9 Å². The van der Waals surface area contributed by atoms with Gasteiger partial charge in [0.1, 0.15) is 22.9 Å². The van der Waals surface area contributed by atoms with E-state index in [4.69, 9.17) is 4.74 Å². The molecule has 0 atom stereocenters. The molecular weight excluding hydrogens is 382 g/mol. The van der Waals surface area contributed by atoms with E-state index in [0.717, 1.165) is 24.3 Å². The van der Waals surface area contributed by atoms with Gasteiger partial charge in [-0.25, -0.2) is 13.6 Å². The number of halogens is 2. The number of nitrogens with zero attached hydrogens (tertiary/aromatic N) is 1. The van der Waals surface area contributed by atoms with Crippen molar-refractivity contribution in [2.75, 3.05) is 19.0 Å². The van der Waals surface area contributed by atoms with E-state index in [1.807, 2.05) is 0 Å². The van der Waals surface area contributed by atoms with Crippen LogP contribution in [0.1, 0.15) is 5.56 Å². The molecular formula is C21H16F2N2O4. The zero-order valence-electron chi connectivity index (χ0n) is 15.3. The van der Waals surface area contributed by atoms with Gasteiger partial charge in [-0.1, -0.05) is 6.07 Å². The van der Waals surface area contributed by atoms with Crippen molar-refractivity contribution in [3.63, 3.8) is 0 Å². The number of fused-ring (bicyclic) bond motifs is 1. The highest BCUT2D eigenvalue weighted by atomic mass is 19.1. The second kappa shape index (κ2) is 8.92. The van der Waals surface area contributed by atoms with Gasteiger partial charge in [0, 0.05) is 23.2 Å². The lowest BCUT2D eigenvalue weighted by Crippen LogP contribution is -2.13. The Balaban J connectivity index is 1.82. The molecule has 1 heterocycles. The van der Waals surface area contributed by atoms with Crippen LogP contribution in [0.3, 0.4) is 0 Å². The molecule has 1 aromatic heterocycles. The van der Waals surface area contributed by atoms with Crippen molar-refractivity contribution in [1.82, 2.24) is 4.98 Å². The van der Waals surface area contributed by atoms with Crippen molar-refractivity contribution in [2.24, 2.45) is 0 Å². The Morgan fingerprint density at radius 1 is 1.10 bits per heavy atom. The highest BCUT2D eigenvalue weighted by Gasteiger charge is 2.12. The fourth-order valence-electron chi connectivity index (χ4n) is 2.57. The second-order valence-corrected chi connectivity index (χ2v) is 5.83. The maximum Gasteiger partial charge on any atom is 0.343 e. The minimum atomic E-state index is -0.768. The van der Waals surface area contributed by atoms with E-state index in [0.29, 0.717) is 22.3 Å². The van der Waals surface area contributed by atoms with Gasteiger partial charge in [-0.3, -0.25) is 9.78 Å². The maximum atomic E-state index is 13.7. The smallest absolute Gasteiger partial charge is 0.343 e. The largest absolute Gasteiger partial charge is 0.480 e. The average Bonchev–Trinajstić information content (AvgIpc) is 2.72. The summed E-state index contributed by atoms with van der Waals surface area (Å²) in [5, 5.41) is 3.20. The predicted molar refractivity (Wildman–Crippen MR) is 103 cm³/mol. The van der Waals surface area contributed by atoms with Gasteiger partial charge in [0.05, 0.1) is 12.8 Å². The topological polar surface area (TPSA) is 77.5 Å². The van der Waals surface area contributed by atoms with E-state index < -0.39 is 23.5 Å².